The number of rotatable bonds is 6. The summed E-state index contributed by atoms with van der Waals surface area (Å²) < 4.78 is 0. The van der Waals surface area contributed by atoms with Gasteiger partial charge in [-0.15, -0.1) is 0 Å². The minimum atomic E-state index is -0.145. The Labute approximate surface area is 124 Å². The number of hydrogen-bond acceptors (Lipinski definition) is 3. The minimum Gasteiger partial charge on any atom is -0.303 e. The molecule has 0 bridgehead atoms. The van der Waals surface area contributed by atoms with Gasteiger partial charge in [0, 0.05) is 6.54 Å². The van der Waals surface area contributed by atoms with Gasteiger partial charge in [0.1, 0.15) is 0 Å². The van der Waals surface area contributed by atoms with E-state index in [1.165, 1.54) is 65.0 Å². The highest BCUT2D eigenvalue weighted by molar-refractivity contribution is 4.91. The van der Waals surface area contributed by atoms with Gasteiger partial charge in [-0.2, -0.15) is 5.26 Å². The van der Waals surface area contributed by atoms with Crippen molar-refractivity contribution in [3.63, 3.8) is 0 Å². The fourth-order valence-corrected chi connectivity index (χ4v) is 3.52. The van der Waals surface area contributed by atoms with E-state index in [0.29, 0.717) is 0 Å². The largest absolute Gasteiger partial charge is 0.303 e. The molecule has 0 saturated carbocycles. The highest BCUT2D eigenvalue weighted by Crippen LogP contribution is 2.23. The van der Waals surface area contributed by atoms with Crippen LogP contribution in [0.2, 0.25) is 0 Å². The first-order valence-corrected chi connectivity index (χ1v) is 8.45. The molecular formula is C17H31N3. The molecule has 2 saturated heterocycles. The van der Waals surface area contributed by atoms with Gasteiger partial charge in [-0.25, -0.2) is 0 Å². The monoisotopic (exact) mass is 277 g/mol. The third kappa shape index (κ3) is 5.07. The number of nitrogens with zero attached hydrogens (tertiary/aromatic N) is 3. The normalized spacial score (nSPS) is 23.1. The molecular weight excluding hydrogens is 246 g/mol. The molecule has 0 N–H and O–H groups in total. The molecule has 0 aromatic heterocycles. The number of hydrogen-bond donors (Lipinski definition) is 0. The topological polar surface area (TPSA) is 30.3 Å². The van der Waals surface area contributed by atoms with Crippen molar-refractivity contribution in [2.75, 3.05) is 39.3 Å². The zero-order valence-electron chi connectivity index (χ0n) is 13.4. The fourth-order valence-electron chi connectivity index (χ4n) is 3.52. The van der Waals surface area contributed by atoms with Crippen molar-refractivity contribution in [2.24, 2.45) is 11.3 Å². The van der Waals surface area contributed by atoms with Crippen molar-refractivity contribution in [1.82, 2.24) is 9.80 Å². The summed E-state index contributed by atoms with van der Waals surface area (Å²) in [5.41, 5.74) is -0.145. The van der Waals surface area contributed by atoms with Crippen molar-refractivity contribution in [1.29, 1.82) is 5.26 Å². The molecule has 0 spiro atoms. The quantitative estimate of drug-likeness (QED) is 0.747. The van der Waals surface area contributed by atoms with Crippen LogP contribution in [-0.2, 0) is 0 Å². The van der Waals surface area contributed by atoms with E-state index in [4.69, 9.17) is 5.26 Å². The third-order valence-electron chi connectivity index (χ3n) is 5.00. The molecule has 114 valence electrons. The smallest absolute Gasteiger partial charge is 0.0683 e. The van der Waals surface area contributed by atoms with E-state index < -0.39 is 0 Å². The van der Waals surface area contributed by atoms with Gasteiger partial charge in [0.25, 0.3) is 0 Å². The molecule has 0 aromatic carbocycles. The Bertz CT molecular complexity index is 318. The molecule has 0 aliphatic carbocycles. The summed E-state index contributed by atoms with van der Waals surface area (Å²) >= 11 is 0. The van der Waals surface area contributed by atoms with E-state index >= 15 is 0 Å². The molecule has 0 amide bonds. The van der Waals surface area contributed by atoms with Crippen LogP contribution in [0, 0.1) is 22.7 Å². The predicted octanol–water partition coefficient (Wildman–Crippen LogP) is 3.12. The summed E-state index contributed by atoms with van der Waals surface area (Å²) in [7, 11) is 0. The summed E-state index contributed by atoms with van der Waals surface area (Å²) in [6, 6.07) is 2.40. The SMILES string of the molecule is CC(C)(C#N)CCCN1CCC(CN2CCCC2)CC1. The summed E-state index contributed by atoms with van der Waals surface area (Å²) in [6.07, 6.45) is 7.76. The zero-order chi connectivity index (χ0) is 14.4. The first kappa shape index (κ1) is 15.8. The minimum absolute atomic E-state index is 0.145. The molecule has 0 radical (unpaired) electrons. The molecule has 2 heterocycles. The van der Waals surface area contributed by atoms with Gasteiger partial charge < -0.3 is 9.80 Å². The maximum Gasteiger partial charge on any atom is 0.0683 e. The first-order valence-electron chi connectivity index (χ1n) is 8.45. The van der Waals surface area contributed by atoms with Crippen LogP contribution in [-0.4, -0.2) is 49.1 Å². The van der Waals surface area contributed by atoms with Crippen LogP contribution < -0.4 is 0 Å². The van der Waals surface area contributed by atoms with Crippen LogP contribution in [0.5, 0.6) is 0 Å². The lowest BCUT2D eigenvalue weighted by molar-refractivity contribution is 0.150. The molecule has 3 nitrogen and oxygen atoms in total. The average Bonchev–Trinajstić information content (AvgIpc) is 2.94. The lowest BCUT2D eigenvalue weighted by atomic mass is 9.89. The van der Waals surface area contributed by atoms with Gasteiger partial charge >= 0.3 is 0 Å². The van der Waals surface area contributed by atoms with Gasteiger partial charge in [-0.3, -0.25) is 0 Å². The zero-order valence-corrected chi connectivity index (χ0v) is 13.4. The van der Waals surface area contributed by atoms with Gasteiger partial charge in [-0.1, -0.05) is 0 Å². The van der Waals surface area contributed by atoms with E-state index in [9.17, 15) is 0 Å². The van der Waals surface area contributed by atoms with Crippen LogP contribution in [0.15, 0.2) is 0 Å². The highest BCUT2D eigenvalue weighted by Gasteiger charge is 2.23. The summed E-state index contributed by atoms with van der Waals surface area (Å²) in [5, 5.41) is 9.03. The average molecular weight is 277 g/mol. The lowest BCUT2D eigenvalue weighted by Gasteiger charge is -2.34. The summed E-state index contributed by atoms with van der Waals surface area (Å²) in [6.45, 7) is 11.8. The van der Waals surface area contributed by atoms with Crippen molar-refractivity contribution >= 4 is 0 Å². The van der Waals surface area contributed by atoms with Crippen LogP contribution >= 0.6 is 0 Å². The summed E-state index contributed by atoms with van der Waals surface area (Å²) in [4.78, 5) is 5.27. The lowest BCUT2D eigenvalue weighted by Crippen LogP contribution is -2.38. The Morgan fingerprint density at radius 1 is 1.05 bits per heavy atom. The second-order valence-corrected chi connectivity index (χ2v) is 7.39. The Morgan fingerprint density at radius 3 is 2.30 bits per heavy atom. The van der Waals surface area contributed by atoms with Crippen molar-refractivity contribution in [3.8, 4) is 6.07 Å². The van der Waals surface area contributed by atoms with Gasteiger partial charge in [0.15, 0.2) is 0 Å². The molecule has 3 heteroatoms. The van der Waals surface area contributed by atoms with Crippen LogP contribution in [0.1, 0.15) is 52.4 Å². The summed E-state index contributed by atoms with van der Waals surface area (Å²) in [5.74, 6) is 0.930. The second kappa shape index (κ2) is 7.43. The first-order chi connectivity index (χ1) is 9.59. The maximum absolute atomic E-state index is 9.03. The molecule has 2 rings (SSSR count). The number of nitriles is 1. The van der Waals surface area contributed by atoms with Crippen LogP contribution in [0.3, 0.4) is 0 Å². The molecule has 0 atom stereocenters. The van der Waals surface area contributed by atoms with Crippen molar-refractivity contribution in [3.05, 3.63) is 0 Å². The van der Waals surface area contributed by atoms with Gasteiger partial charge in [0.05, 0.1) is 11.5 Å². The molecule has 0 unspecified atom stereocenters. The van der Waals surface area contributed by atoms with E-state index in [0.717, 1.165) is 18.8 Å². The third-order valence-corrected chi connectivity index (χ3v) is 5.00. The molecule has 2 fully saturated rings. The fraction of sp³-hybridized carbons (Fsp3) is 0.941. The predicted molar refractivity (Wildman–Crippen MR) is 83.5 cm³/mol. The molecule has 20 heavy (non-hydrogen) atoms. The highest BCUT2D eigenvalue weighted by atomic mass is 15.2. The van der Waals surface area contributed by atoms with E-state index in [1.807, 2.05) is 0 Å². The molecule has 0 aromatic rings. The van der Waals surface area contributed by atoms with Crippen LogP contribution in [0.25, 0.3) is 0 Å². The Morgan fingerprint density at radius 2 is 1.70 bits per heavy atom. The Hall–Kier alpha value is -0.590. The standard InChI is InChI=1S/C17H31N3/c1-17(2,15-18)8-5-11-19-12-6-16(7-13-19)14-20-9-3-4-10-20/h16H,3-14H2,1-2H3. The van der Waals surface area contributed by atoms with Crippen LogP contribution in [0.4, 0.5) is 0 Å². The van der Waals surface area contributed by atoms with Crippen molar-refractivity contribution in [2.45, 2.75) is 52.4 Å². The maximum atomic E-state index is 9.03. The molecule has 2 aliphatic rings. The Balaban J connectivity index is 1.58. The van der Waals surface area contributed by atoms with E-state index in [-0.39, 0.29) is 5.41 Å². The molecule has 2 aliphatic heterocycles. The van der Waals surface area contributed by atoms with E-state index in [2.05, 4.69) is 29.7 Å². The number of likely N-dealkylation sites (tertiary alicyclic amines) is 2. The second-order valence-electron chi connectivity index (χ2n) is 7.39. The van der Waals surface area contributed by atoms with Gasteiger partial charge in [-0.05, 0) is 91.0 Å². The van der Waals surface area contributed by atoms with E-state index in [1.54, 1.807) is 0 Å². The Kier molecular flexibility index (Phi) is 5.86. The number of piperidine rings is 1. The van der Waals surface area contributed by atoms with Crippen molar-refractivity contribution < 1.29 is 0 Å². The van der Waals surface area contributed by atoms with Gasteiger partial charge in [0.2, 0.25) is 0 Å².